The lowest BCUT2D eigenvalue weighted by Crippen LogP contribution is -2.93. The number of furan rings is 3. The van der Waals surface area contributed by atoms with Gasteiger partial charge in [0.25, 0.3) is 11.8 Å². The third-order valence-electron chi connectivity index (χ3n) is 18.4. The quantitative estimate of drug-likeness (QED) is 0.130. The Morgan fingerprint density at radius 2 is 0.865 bits per heavy atom. The maximum absolute atomic E-state index is 13.7. The van der Waals surface area contributed by atoms with Crippen LogP contribution in [0.25, 0.3) is 67.1 Å². The molecule has 3 amide bonds. The summed E-state index contributed by atoms with van der Waals surface area (Å²) in [6.07, 6.45) is 5.88. The molecule has 0 radical (unpaired) electrons. The van der Waals surface area contributed by atoms with E-state index in [9.17, 15) is 32.3 Å². The maximum atomic E-state index is 13.7. The van der Waals surface area contributed by atoms with E-state index in [4.69, 9.17) is 33.1 Å². The molecule has 2 aliphatic heterocycles. The van der Waals surface area contributed by atoms with Gasteiger partial charge in [-0.15, -0.1) is 36.4 Å². The number of pyridine rings is 3. The maximum Gasteiger partial charge on any atom is 0.410 e. The SMILES string of the molecule is C.C.CC(C)(C)OC(=O)N1CCN(C(=O)c2cc3nc(-c4ccc(F)cc4)cc(C4(C)CC4)c3o2)C(C)(C)C1.CC1(c2cc(-c3ccc(F)cc3)nc3cc(C(=O)N4CC[NH2+]CC4(C)C)oc23)CC1.CC1(c2cc(-c3ccc(F)cc3)nc3cc(C(=O)O)oc23)CC1.Cl.I.II. The number of carboxylic acid groups (broad SMARTS) is 1. The zero-order valence-corrected chi connectivity index (χ0v) is 61.5. The van der Waals surface area contributed by atoms with Gasteiger partial charge >= 0.3 is 12.1 Å². The minimum absolute atomic E-state index is 0. The molecule has 3 aliphatic carbocycles. The molecule has 514 valence electrons. The van der Waals surface area contributed by atoms with E-state index in [2.05, 4.69) is 82.2 Å². The van der Waals surface area contributed by atoms with Crippen LogP contribution >= 0.6 is 73.6 Å². The van der Waals surface area contributed by atoms with Gasteiger partial charge < -0.3 is 43.1 Å². The topological polar surface area (TPSA) is 202 Å². The summed E-state index contributed by atoms with van der Waals surface area (Å²) in [5.74, 6) is -1.86. The highest BCUT2D eigenvalue weighted by molar-refractivity contribution is 15.0. The number of piperazine rings is 2. The van der Waals surface area contributed by atoms with Crippen LogP contribution in [-0.4, -0.2) is 115 Å². The summed E-state index contributed by atoms with van der Waals surface area (Å²) in [5, 5.41) is 11.4. The molecule has 16 nitrogen and oxygen atoms in total. The predicted octanol–water partition coefficient (Wildman–Crippen LogP) is 18.1. The number of carboxylic acids is 1. The van der Waals surface area contributed by atoms with Crippen LogP contribution in [-0.2, 0) is 21.0 Å². The van der Waals surface area contributed by atoms with Gasteiger partial charge in [0.15, 0.2) is 28.3 Å². The number of halogens is 7. The minimum atomic E-state index is -1.11. The minimum Gasteiger partial charge on any atom is -0.475 e. The lowest BCUT2D eigenvalue weighted by Gasteiger charge is -2.46. The average molecular weight is 1680 g/mol. The number of fused-ring (bicyclic) bond motifs is 3. The van der Waals surface area contributed by atoms with Gasteiger partial charge in [-0.2, -0.15) is 0 Å². The number of hydrogen-bond acceptors (Lipinski definition) is 11. The lowest BCUT2D eigenvalue weighted by atomic mass is 9.96. The molecular weight excluding hydrogens is 1590 g/mol. The van der Waals surface area contributed by atoms with Crippen LogP contribution in [0, 0.1) is 17.5 Å². The van der Waals surface area contributed by atoms with Crippen LogP contribution < -0.4 is 5.32 Å². The molecule has 96 heavy (non-hydrogen) atoms. The van der Waals surface area contributed by atoms with Crippen molar-refractivity contribution >= 4 is 131 Å². The van der Waals surface area contributed by atoms with Crippen molar-refractivity contribution in [2.24, 2.45) is 0 Å². The molecule has 3 saturated carbocycles. The van der Waals surface area contributed by atoms with Crippen LogP contribution in [0.3, 0.4) is 0 Å². The molecule has 0 atom stereocenters. The number of carbonyl (C=O) groups excluding carboxylic acids is 3. The van der Waals surface area contributed by atoms with Crippen LogP contribution in [0.15, 0.2) is 122 Å². The fourth-order valence-corrected chi connectivity index (χ4v) is 12.1. The lowest BCUT2D eigenvalue weighted by molar-refractivity contribution is -0.673. The third kappa shape index (κ3) is 16.5. The molecule has 14 rings (SSSR count). The normalized spacial score (nSPS) is 17.2. The van der Waals surface area contributed by atoms with Crippen LogP contribution in [0.4, 0.5) is 18.0 Å². The molecule has 0 spiro atoms. The van der Waals surface area contributed by atoms with Crippen LogP contribution in [0.1, 0.15) is 171 Å². The van der Waals surface area contributed by atoms with E-state index in [-0.39, 0.29) is 120 Å². The predicted molar refractivity (Wildman–Crippen MR) is 399 cm³/mol. The summed E-state index contributed by atoms with van der Waals surface area (Å²) in [5.41, 5.74) is 9.94. The van der Waals surface area contributed by atoms with Crippen molar-refractivity contribution in [2.45, 2.75) is 156 Å². The molecule has 0 unspecified atom stereocenters. The molecule has 0 bridgehead atoms. The van der Waals surface area contributed by atoms with Crippen molar-refractivity contribution in [3.63, 3.8) is 0 Å². The van der Waals surface area contributed by atoms with E-state index < -0.39 is 17.1 Å². The average Bonchev–Trinajstić information content (AvgIpc) is 1.59. The standard InChI is InChI=1S/C29H34FN3O4.C24H26FN3O2.C18H14FNO3.2CH4.ClH.I2.HI/c1-27(2,3)37-26(35)32-13-14-33(28(4,5)17-32)25(34)23-16-22-24(36-23)20(29(6)11-12-29)15-21(31-22)18-7-9-19(30)10-8-18;1-23(2)14-26-10-11-28(23)22(29)20-13-19-21(30-20)17(24(3)8-9-24)12-18(27-19)15-4-6-16(25)7-5-15;1-18(6-7-18)12-8-13(10-2-4-11(19)5-3-10)20-14-9-15(17(21)22)23-16(12)14;;;;1-2;/h7-10,15-16H,11-14,17H2,1-6H3;4-7,12-13,26H,8-11,14H2,1-3H3;2-5,8-9H,6-7H2,1H3,(H,21,22);2*1H4;1H;;1H/p+1. The van der Waals surface area contributed by atoms with Crippen LogP contribution in [0.5, 0.6) is 0 Å². The summed E-state index contributed by atoms with van der Waals surface area (Å²) >= 11 is 4.24. The highest BCUT2D eigenvalue weighted by atomic mass is 128. The Morgan fingerprint density at radius 1 is 0.531 bits per heavy atom. The highest BCUT2D eigenvalue weighted by Crippen LogP contribution is 2.53. The van der Waals surface area contributed by atoms with Gasteiger partial charge in [-0.1, -0.05) is 35.6 Å². The van der Waals surface area contributed by atoms with Gasteiger partial charge in [0, 0.05) is 108 Å². The fraction of sp³-hybridized carbons (Fsp3) is 0.411. The van der Waals surface area contributed by atoms with Gasteiger partial charge in [-0.25, -0.2) is 37.7 Å². The monoisotopic (exact) mass is 1680 g/mol. The number of quaternary nitrogens is 1. The fourth-order valence-electron chi connectivity index (χ4n) is 12.1. The number of nitrogens with zero attached hydrogens (tertiary/aromatic N) is 6. The molecular formula is C73H85ClF3I3N7O9+. The molecule has 9 aromatic rings. The number of amides is 3. The largest absolute Gasteiger partial charge is 0.475 e. The Bertz CT molecular complexity index is 4310. The van der Waals surface area contributed by atoms with E-state index in [0.29, 0.717) is 70.9 Å². The third-order valence-corrected chi connectivity index (χ3v) is 18.4. The summed E-state index contributed by atoms with van der Waals surface area (Å²) in [6, 6.07) is 29.6. The van der Waals surface area contributed by atoms with E-state index in [1.54, 1.807) is 58.3 Å². The van der Waals surface area contributed by atoms with Gasteiger partial charge in [0.1, 0.15) is 39.6 Å². The van der Waals surface area contributed by atoms with Crippen molar-refractivity contribution < 1.29 is 60.8 Å². The Balaban J connectivity index is 0.000000201. The molecule has 3 aromatic carbocycles. The number of aromatic nitrogens is 3. The van der Waals surface area contributed by atoms with Crippen molar-refractivity contribution in [1.29, 1.82) is 0 Å². The molecule has 5 fully saturated rings. The zero-order valence-electron chi connectivity index (χ0n) is 54.1. The van der Waals surface area contributed by atoms with Crippen molar-refractivity contribution in [2.75, 3.05) is 39.3 Å². The van der Waals surface area contributed by atoms with Crippen molar-refractivity contribution in [3.05, 3.63) is 161 Å². The number of carbonyl (C=O) groups is 4. The first-order valence-corrected chi connectivity index (χ1v) is 37.2. The number of hydrogen-bond donors (Lipinski definition) is 2. The second kappa shape index (κ2) is 29.6. The Labute approximate surface area is 605 Å². The smallest absolute Gasteiger partial charge is 0.410 e. The van der Waals surface area contributed by atoms with Gasteiger partial charge in [-0.05, 0) is 194 Å². The molecule has 8 heterocycles. The zero-order chi connectivity index (χ0) is 66.0. The Kier molecular flexibility index (Phi) is 23.7. The molecule has 23 heteroatoms. The molecule has 5 aliphatic rings. The highest BCUT2D eigenvalue weighted by Gasteiger charge is 2.46. The molecule has 6 aromatic heterocycles. The second-order valence-corrected chi connectivity index (χ2v) is 27.9. The van der Waals surface area contributed by atoms with Gasteiger partial charge in [-0.3, -0.25) is 9.59 Å². The van der Waals surface area contributed by atoms with E-state index in [1.807, 2.05) is 57.7 Å². The second-order valence-electron chi connectivity index (χ2n) is 27.9. The van der Waals surface area contributed by atoms with E-state index in [1.165, 1.54) is 42.5 Å². The summed E-state index contributed by atoms with van der Waals surface area (Å²) in [6.45, 7) is 23.6. The van der Waals surface area contributed by atoms with Gasteiger partial charge in [0.05, 0.1) is 47.8 Å². The number of rotatable bonds is 9. The Morgan fingerprint density at radius 3 is 1.18 bits per heavy atom. The summed E-state index contributed by atoms with van der Waals surface area (Å²) < 4.78 is 63.4. The van der Waals surface area contributed by atoms with E-state index in [0.717, 1.165) is 96.4 Å². The van der Waals surface area contributed by atoms with Crippen LogP contribution in [0.2, 0.25) is 0 Å². The first-order chi connectivity index (χ1) is 43.5. The number of ether oxygens (including phenoxy) is 1. The first-order valence-electron chi connectivity index (χ1n) is 30.9. The van der Waals surface area contributed by atoms with Gasteiger partial charge in [0.2, 0.25) is 5.76 Å². The number of nitrogens with two attached hydrogens (primary N) is 1. The molecule has 2 saturated heterocycles. The van der Waals surface area contributed by atoms with Crippen molar-refractivity contribution in [3.8, 4) is 33.8 Å². The summed E-state index contributed by atoms with van der Waals surface area (Å²) in [7, 11) is 0. The molecule has 3 N–H and O–H groups in total. The van der Waals surface area contributed by atoms with E-state index >= 15 is 0 Å². The number of benzene rings is 3. The number of aromatic carboxylic acids is 1. The summed E-state index contributed by atoms with van der Waals surface area (Å²) in [4.78, 5) is 70.1. The van der Waals surface area contributed by atoms with Crippen molar-refractivity contribution in [1.82, 2.24) is 29.7 Å². The first kappa shape index (κ1) is 77.0. The Hall–Kier alpha value is -6.36.